The number of halogens is 1. The second-order valence-corrected chi connectivity index (χ2v) is 12.2. The van der Waals surface area contributed by atoms with Gasteiger partial charge in [-0.1, -0.05) is 30.3 Å². The van der Waals surface area contributed by atoms with Crippen molar-refractivity contribution >= 4 is 22.1 Å². The van der Waals surface area contributed by atoms with Crippen molar-refractivity contribution in [2.75, 3.05) is 26.2 Å². The summed E-state index contributed by atoms with van der Waals surface area (Å²) in [5.41, 5.74) is 8.72. The minimum absolute atomic E-state index is 0.340. The molecule has 0 aliphatic carbocycles. The summed E-state index contributed by atoms with van der Waals surface area (Å²) in [7, 11) is 0. The first-order valence-electron chi connectivity index (χ1n) is 16.3. The number of fused-ring (bicyclic) bond motifs is 2. The highest BCUT2D eigenvalue weighted by molar-refractivity contribution is 5.99. The van der Waals surface area contributed by atoms with E-state index in [2.05, 4.69) is 64.6 Å². The summed E-state index contributed by atoms with van der Waals surface area (Å²) in [6.45, 7) is 5.05. The van der Waals surface area contributed by atoms with Crippen LogP contribution in [0, 0.1) is 5.82 Å². The molecule has 8 rings (SSSR count). The van der Waals surface area contributed by atoms with E-state index in [4.69, 9.17) is 4.74 Å². The Morgan fingerprint density at radius 1 is 0.812 bits per heavy atom. The monoisotopic (exact) mass is 638 g/mol. The molecule has 7 aromatic rings. The topological polar surface area (TPSA) is 108 Å². The maximum atomic E-state index is 14.8. The predicted molar refractivity (Wildman–Crippen MR) is 186 cm³/mol. The lowest BCUT2D eigenvalue weighted by Crippen LogP contribution is -2.25. The van der Waals surface area contributed by atoms with Crippen molar-refractivity contribution in [1.29, 1.82) is 0 Å². The Kier molecular flexibility index (Phi) is 8.32. The van der Waals surface area contributed by atoms with Crippen molar-refractivity contribution in [1.82, 2.24) is 40.3 Å². The minimum atomic E-state index is -0.340. The van der Waals surface area contributed by atoms with Crippen LogP contribution in [0.1, 0.15) is 24.0 Å². The molecule has 240 valence electrons. The van der Waals surface area contributed by atoms with Crippen molar-refractivity contribution in [3.05, 3.63) is 115 Å². The molecule has 3 N–H and O–H groups in total. The lowest BCUT2D eigenvalue weighted by atomic mass is 10.0. The third-order valence-corrected chi connectivity index (χ3v) is 8.90. The van der Waals surface area contributed by atoms with Crippen LogP contribution in [-0.4, -0.2) is 61.3 Å². The number of aromatic amines is 2. The second-order valence-electron chi connectivity index (χ2n) is 12.2. The van der Waals surface area contributed by atoms with Gasteiger partial charge in [-0.25, -0.2) is 14.4 Å². The first-order chi connectivity index (χ1) is 23.7. The number of ether oxygens (including phenoxy) is 1. The number of pyridine rings is 3. The van der Waals surface area contributed by atoms with E-state index >= 15 is 0 Å². The van der Waals surface area contributed by atoms with Gasteiger partial charge in [0.1, 0.15) is 23.8 Å². The minimum Gasteiger partial charge on any atom is -0.492 e. The molecule has 0 amide bonds. The lowest BCUT2D eigenvalue weighted by Gasteiger charge is -2.15. The van der Waals surface area contributed by atoms with Gasteiger partial charge in [0.2, 0.25) is 0 Å². The van der Waals surface area contributed by atoms with Crippen molar-refractivity contribution < 1.29 is 9.13 Å². The van der Waals surface area contributed by atoms with E-state index in [-0.39, 0.29) is 5.82 Å². The average Bonchev–Trinajstić information content (AvgIpc) is 3.88. The second kappa shape index (κ2) is 13.3. The highest BCUT2D eigenvalue weighted by Crippen LogP contribution is 2.35. The highest BCUT2D eigenvalue weighted by Gasteiger charge is 2.17. The Hall–Kier alpha value is -5.45. The summed E-state index contributed by atoms with van der Waals surface area (Å²) in [4.78, 5) is 19.6. The Bertz CT molecular complexity index is 2190. The standard InChI is InChI=1S/C38H35FN8O/c39-30-15-27(16-31(18-30)48-13-12-47-10-4-5-11-47)32-8-9-42-37-33(32)19-35(44-37)36-34-17-29(24-43-38(34)46-45-36)28-14-26(22-41-23-28)21-40-20-25-6-2-1-3-7-25/h1-3,6-9,14-19,22-24,40H,4-5,10-13,20-21H2,(H,42,44)(H,43,45,46). The third-order valence-electron chi connectivity index (χ3n) is 8.90. The fraction of sp³-hybridized carbons (Fsp3) is 0.211. The van der Waals surface area contributed by atoms with Crippen molar-refractivity contribution in [2.45, 2.75) is 25.9 Å². The van der Waals surface area contributed by atoms with Crippen molar-refractivity contribution in [2.24, 2.45) is 0 Å². The van der Waals surface area contributed by atoms with Gasteiger partial charge in [0.05, 0.1) is 11.4 Å². The molecule has 0 spiro atoms. The molecule has 10 heteroatoms. The highest BCUT2D eigenvalue weighted by atomic mass is 19.1. The summed E-state index contributed by atoms with van der Waals surface area (Å²) in [5, 5.41) is 12.9. The summed E-state index contributed by atoms with van der Waals surface area (Å²) >= 11 is 0. The zero-order valence-electron chi connectivity index (χ0n) is 26.4. The Morgan fingerprint density at radius 3 is 2.56 bits per heavy atom. The molecular formula is C38H35FN8O. The van der Waals surface area contributed by atoms with Crippen molar-refractivity contribution in [3.8, 4) is 39.4 Å². The first kappa shape index (κ1) is 29.9. The summed E-state index contributed by atoms with van der Waals surface area (Å²) in [6.07, 6.45) is 9.75. The number of rotatable bonds is 11. The van der Waals surface area contributed by atoms with E-state index in [1.165, 1.54) is 30.5 Å². The van der Waals surface area contributed by atoms with Crippen LogP contribution in [0.2, 0.25) is 0 Å². The quantitative estimate of drug-likeness (QED) is 0.138. The zero-order chi connectivity index (χ0) is 32.3. The smallest absolute Gasteiger partial charge is 0.181 e. The molecular weight excluding hydrogens is 603 g/mol. The van der Waals surface area contributed by atoms with Gasteiger partial charge in [-0.3, -0.25) is 15.0 Å². The molecule has 0 saturated carbocycles. The molecule has 1 saturated heterocycles. The van der Waals surface area contributed by atoms with Crippen LogP contribution in [0.3, 0.4) is 0 Å². The van der Waals surface area contributed by atoms with Gasteiger partial charge >= 0.3 is 0 Å². The molecule has 0 atom stereocenters. The van der Waals surface area contributed by atoms with Crippen LogP contribution in [0.15, 0.2) is 97.6 Å². The maximum absolute atomic E-state index is 14.8. The van der Waals surface area contributed by atoms with Crippen LogP contribution in [-0.2, 0) is 13.1 Å². The molecule has 2 aromatic carbocycles. The molecule has 9 nitrogen and oxygen atoms in total. The summed E-state index contributed by atoms with van der Waals surface area (Å²) in [5.74, 6) is 0.182. The van der Waals surface area contributed by atoms with Crippen LogP contribution in [0.25, 0.3) is 55.7 Å². The fourth-order valence-corrected chi connectivity index (χ4v) is 6.47. The molecule has 1 aliphatic rings. The molecule has 1 fully saturated rings. The van der Waals surface area contributed by atoms with E-state index in [9.17, 15) is 4.39 Å². The van der Waals surface area contributed by atoms with Gasteiger partial charge in [-0.15, -0.1) is 0 Å². The molecule has 6 heterocycles. The number of hydrogen-bond acceptors (Lipinski definition) is 7. The zero-order valence-corrected chi connectivity index (χ0v) is 26.4. The Labute approximate surface area is 277 Å². The van der Waals surface area contributed by atoms with Crippen LogP contribution < -0.4 is 10.1 Å². The molecule has 5 aromatic heterocycles. The molecule has 1 aliphatic heterocycles. The molecule has 0 unspecified atom stereocenters. The van der Waals surface area contributed by atoms with Gasteiger partial charge in [0.25, 0.3) is 0 Å². The van der Waals surface area contributed by atoms with Gasteiger partial charge in [-0.2, -0.15) is 5.10 Å². The largest absolute Gasteiger partial charge is 0.492 e. The fourth-order valence-electron chi connectivity index (χ4n) is 6.47. The molecule has 48 heavy (non-hydrogen) atoms. The number of aromatic nitrogens is 6. The number of nitrogens with zero attached hydrogens (tertiary/aromatic N) is 5. The van der Waals surface area contributed by atoms with E-state index < -0.39 is 0 Å². The maximum Gasteiger partial charge on any atom is 0.181 e. The number of H-pyrrole nitrogens is 2. The number of nitrogens with one attached hydrogen (secondary N) is 3. The normalized spacial score (nSPS) is 13.5. The van der Waals surface area contributed by atoms with Gasteiger partial charge < -0.3 is 15.0 Å². The van der Waals surface area contributed by atoms with Crippen LogP contribution in [0.5, 0.6) is 5.75 Å². The van der Waals surface area contributed by atoms with E-state index in [1.54, 1.807) is 6.20 Å². The van der Waals surface area contributed by atoms with E-state index in [0.717, 1.165) is 76.2 Å². The van der Waals surface area contributed by atoms with Crippen LogP contribution in [0.4, 0.5) is 4.39 Å². The Morgan fingerprint density at radius 2 is 1.67 bits per heavy atom. The predicted octanol–water partition coefficient (Wildman–Crippen LogP) is 7.13. The summed E-state index contributed by atoms with van der Waals surface area (Å²) in [6, 6.07) is 23.4. The average molecular weight is 639 g/mol. The molecule has 0 bridgehead atoms. The van der Waals surface area contributed by atoms with Crippen molar-refractivity contribution in [3.63, 3.8) is 0 Å². The summed E-state index contributed by atoms with van der Waals surface area (Å²) < 4.78 is 20.8. The number of likely N-dealkylation sites (tertiary alicyclic amines) is 1. The SMILES string of the molecule is Fc1cc(OCCN2CCCC2)cc(-c2ccnc3[nH]c(-c4[nH]nc5ncc(-c6cncc(CNCc7ccccc7)c6)cc45)cc23)c1. The van der Waals surface area contributed by atoms with Gasteiger partial charge in [-0.05, 0) is 84.6 Å². The number of hydrogen-bond donors (Lipinski definition) is 3. The van der Waals surface area contributed by atoms with Gasteiger partial charge in [0, 0.05) is 72.4 Å². The lowest BCUT2D eigenvalue weighted by molar-refractivity contribution is 0.237. The van der Waals surface area contributed by atoms with Crippen LogP contribution >= 0.6 is 0 Å². The first-order valence-corrected chi connectivity index (χ1v) is 16.3. The van der Waals surface area contributed by atoms with E-state index in [1.807, 2.05) is 55.0 Å². The Balaban J connectivity index is 1.05. The van der Waals surface area contributed by atoms with Gasteiger partial charge in [0.15, 0.2) is 5.65 Å². The molecule has 0 radical (unpaired) electrons. The van der Waals surface area contributed by atoms with E-state index in [0.29, 0.717) is 30.2 Å². The third kappa shape index (κ3) is 6.40. The number of benzene rings is 2.